The quantitative estimate of drug-likeness (QED) is 0.834. The van der Waals surface area contributed by atoms with Crippen molar-refractivity contribution in [3.05, 3.63) is 17.0 Å². The van der Waals surface area contributed by atoms with Crippen molar-refractivity contribution in [2.75, 3.05) is 19.7 Å². The monoisotopic (exact) mass is 295 g/mol. The molecular formula is C15H25N3O3. The zero-order valence-corrected chi connectivity index (χ0v) is 13.1. The third-order valence-corrected chi connectivity index (χ3v) is 3.87. The Morgan fingerprint density at radius 3 is 2.81 bits per heavy atom. The second kappa shape index (κ2) is 7.56. The molecule has 0 bridgehead atoms. The van der Waals surface area contributed by atoms with Gasteiger partial charge in [0.05, 0.1) is 24.4 Å². The summed E-state index contributed by atoms with van der Waals surface area (Å²) in [6, 6.07) is -0.0948. The van der Waals surface area contributed by atoms with Gasteiger partial charge < -0.3 is 19.9 Å². The van der Waals surface area contributed by atoms with Gasteiger partial charge in [-0.15, -0.1) is 0 Å². The molecule has 21 heavy (non-hydrogen) atoms. The number of hydrogen-bond acceptors (Lipinski definition) is 5. The molecule has 6 heteroatoms. The molecule has 2 heterocycles. The molecule has 118 valence electrons. The van der Waals surface area contributed by atoms with E-state index < -0.39 is 0 Å². The molecule has 6 nitrogen and oxygen atoms in total. The highest BCUT2D eigenvalue weighted by molar-refractivity contribution is 5.76. The second-order valence-electron chi connectivity index (χ2n) is 5.60. The van der Waals surface area contributed by atoms with Crippen LogP contribution in [0.15, 0.2) is 4.52 Å². The van der Waals surface area contributed by atoms with Crippen LogP contribution in [0.2, 0.25) is 0 Å². The molecule has 0 saturated carbocycles. The number of rotatable bonds is 6. The third-order valence-electron chi connectivity index (χ3n) is 3.87. The van der Waals surface area contributed by atoms with Gasteiger partial charge in [0.25, 0.3) is 0 Å². The van der Waals surface area contributed by atoms with Crippen molar-refractivity contribution in [1.82, 2.24) is 15.8 Å². The van der Waals surface area contributed by atoms with Crippen molar-refractivity contribution in [2.45, 2.75) is 52.2 Å². The van der Waals surface area contributed by atoms with Crippen molar-refractivity contribution in [2.24, 2.45) is 0 Å². The van der Waals surface area contributed by atoms with Gasteiger partial charge in [-0.3, -0.25) is 4.79 Å². The van der Waals surface area contributed by atoms with Crippen LogP contribution < -0.4 is 10.6 Å². The molecular weight excluding hydrogens is 270 g/mol. The number of piperidine rings is 1. The fourth-order valence-corrected chi connectivity index (χ4v) is 2.77. The largest absolute Gasteiger partial charge is 0.378 e. The Bertz CT molecular complexity index is 447. The van der Waals surface area contributed by atoms with Crippen molar-refractivity contribution in [3.63, 3.8) is 0 Å². The number of ether oxygens (including phenoxy) is 1. The molecule has 1 aliphatic heterocycles. The SMILES string of the molecule is Cc1noc(C)c1C(C)NC(=O)CCOC1CCNCC1. The van der Waals surface area contributed by atoms with Gasteiger partial charge >= 0.3 is 0 Å². The number of aromatic nitrogens is 1. The van der Waals surface area contributed by atoms with E-state index in [1.807, 2.05) is 20.8 Å². The summed E-state index contributed by atoms with van der Waals surface area (Å²) in [5.41, 5.74) is 1.79. The summed E-state index contributed by atoms with van der Waals surface area (Å²) in [6.45, 7) is 8.16. The molecule has 0 aliphatic carbocycles. The van der Waals surface area contributed by atoms with Crippen LogP contribution in [0, 0.1) is 13.8 Å². The molecule has 1 aromatic rings. The number of carbonyl (C=O) groups is 1. The average Bonchev–Trinajstić information content (AvgIpc) is 2.79. The van der Waals surface area contributed by atoms with Crippen molar-refractivity contribution in [3.8, 4) is 0 Å². The topological polar surface area (TPSA) is 76.4 Å². The molecule has 2 N–H and O–H groups in total. The van der Waals surface area contributed by atoms with E-state index in [1.54, 1.807) is 0 Å². The highest BCUT2D eigenvalue weighted by Crippen LogP contribution is 2.20. The Labute approximate surface area is 125 Å². The molecule has 1 atom stereocenters. The van der Waals surface area contributed by atoms with Crippen molar-refractivity contribution >= 4 is 5.91 Å². The molecule has 1 aromatic heterocycles. The maximum absolute atomic E-state index is 12.0. The lowest BCUT2D eigenvalue weighted by molar-refractivity contribution is -0.123. The van der Waals surface area contributed by atoms with Gasteiger partial charge in [0.1, 0.15) is 5.76 Å². The highest BCUT2D eigenvalue weighted by atomic mass is 16.5. The van der Waals surface area contributed by atoms with Crippen molar-refractivity contribution < 1.29 is 14.1 Å². The number of hydrogen-bond donors (Lipinski definition) is 2. The van der Waals surface area contributed by atoms with Crippen LogP contribution in [-0.2, 0) is 9.53 Å². The summed E-state index contributed by atoms with van der Waals surface area (Å²) in [4.78, 5) is 12.0. The normalized spacial score (nSPS) is 17.7. The zero-order valence-electron chi connectivity index (χ0n) is 13.1. The average molecular weight is 295 g/mol. The van der Waals surface area contributed by atoms with E-state index in [-0.39, 0.29) is 11.9 Å². The minimum atomic E-state index is -0.0948. The predicted molar refractivity (Wildman–Crippen MR) is 79.0 cm³/mol. The van der Waals surface area contributed by atoms with Gasteiger partial charge in [-0.2, -0.15) is 0 Å². The number of aryl methyl sites for hydroxylation is 2. The maximum atomic E-state index is 12.0. The summed E-state index contributed by atoms with van der Waals surface area (Å²) in [5.74, 6) is 0.752. The summed E-state index contributed by atoms with van der Waals surface area (Å²) >= 11 is 0. The molecule has 0 spiro atoms. The summed E-state index contributed by atoms with van der Waals surface area (Å²) in [5, 5.41) is 10.2. The Balaban J connectivity index is 1.71. The lowest BCUT2D eigenvalue weighted by Gasteiger charge is -2.23. The Hall–Kier alpha value is -1.40. The Kier molecular flexibility index (Phi) is 5.76. The lowest BCUT2D eigenvalue weighted by atomic mass is 10.1. The maximum Gasteiger partial charge on any atom is 0.222 e. The smallest absolute Gasteiger partial charge is 0.222 e. The van der Waals surface area contributed by atoms with Crippen LogP contribution >= 0.6 is 0 Å². The molecule has 0 aromatic carbocycles. The van der Waals surface area contributed by atoms with Crippen LogP contribution in [0.1, 0.15) is 49.2 Å². The van der Waals surface area contributed by atoms with E-state index in [2.05, 4.69) is 15.8 Å². The van der Waals surface area contributed by atoms with Gasteiger partial charge in [0, 0.05) is 12.0 Å². The molecule has 2 rings (SSSR count). The van der Waals surface area contributed by atoms with Gasteiger partial charge in [-0.05, 0) is 46.7 Å². The minimum Gasteiger partial charge on any atom is -0.378 e. The van der Waals surface area contributed by atoms with Crippen LogP contribution in [0.3, 0.4) is 0 Å². The van der Waals surface area contributed by atoms with E-state index in [1.165, 1.54) is 0 Å². The van der Waals surface area contributed by atoms with E-state index in [0.717, 1.165) is 42.9 Å². The number of amides is 1. The molecule has 1 aliphatic rings. The second-order valence-corrected chi connectivity index (χ2v) is 5.60. The van der Waals surface area contributed by atoms with E-state index in [4.69, 9.17) is 9.26 Å². The standard InChI is InChI=1S/C15H25N3O3/c1-10(15-11(2)18-21-12(15)3)17-14(19)6-9-20-13-4-7-16-8-5-13/h10,13,16H,4-9H2,1-3H3,(H,17,19). The Morgan fingerprint density at radius 2 is 2.19 bits per heavy atom. The van der Waals surface area contributed by atoms with E-state index in [0.29, 0.717) is 19.1 Å². The van der Waals surface area contributed by atoms with Crippen LogP contribution in [0.25, 0.3) is 0 Å². The Morgan fingerprint density at radius 1 is 1.48 bits per heavy atom. The molecule has 1 fully saturated rings. The van der Waals surface area contributed by atoms with Crippen LogP contribution in [-0.4, -0.2) is 36.9 Å². The van der Waals surface area contributed by atoms with Crippen LogP contribution in [0.4, 0.5) is 0 Å². The van der Waals surface area contributed by atoms with Gasteiger partial charge in [-0.1, -0.05) is 5.16 Å². The molecule has 1 amide bonds. The number of carbonyl (C=O) groups excluding carboxylic acids is 1. The first kappa shape index (κ1) is 16.0. The highest BCUT2D eigenvalue weighted by Gasteiger charge is 2.18. The number of nitrogens with one attached hydrogen (secondary N) is 2. The fraction of sp³-hybridized carbons (Fsp3) is 0.733. The lowest BCUT2D eigenvalue weighted by Crippen LogP contribution is -2.33. The van der Waals surface area contributed by atoms with Gasteiger partial charge in [0.2, 0.25) is 5.91 Å². The summed E-state index contributed by atoms with van der Waals surface area (Å²) in [6.07, 6.45) is 2.73. The summed E-state index contributed by atoms with van der Waals surface area (Å²) < 4.78 is 10.9. The van der Waals surface area contributed by atoms with E-state index >= 15 is 0 Å². The molecule has 1 saturated heterocycles. The fourth-order valence-electron chi connectivity index (χ4n) is 2.77. The molecule has 0 radical (unpaired) electrons. The third kappa shape index (κ3) is 4.54. The van der Waals surface area contributed by atoms with Gasteiger partial charge in [0.15, 0.2) is 0 Å². The minimum absolute atomic E-state index is 0.00330. The predicted octanol–water partition coefficient (Wildman–Crippen LogP) is 1.63. The first-order chi connectivity index (χ1) is 10.1. The van der Waals surface area contributed by atoms with Gasteiger partial charge in [-0.25, -0.2) is 0 Å². The van der Waals surface area contributed by atoms with Crippen LogP contribution in [0.5, 0.6) is 0 Å². The first-order valence-electron chi connectivity index (χ1n) is 7.62. The van der Waals surface area contributed by atoms with Crippen molar-refractivity contribution in [1.29, 1.82) is 0 Å². The summed E-state index contributed by atoms with van der Waals surface area (Å²) in [7, 11) is 0. The molecule has 1 unspecified atom stereocenters. The number of nitrogens with zero attached hydrogens (tertiary/aromatic N) is 1. The first-order valence-corrected chi connectivity index (χ1v) is 7.62. The zero-order chi connectivity index (χ0) is 15.2. The van der Waals surface area contributed by atoms with E-state index in [9.17, 15) is 4.79 Å².